The summed E-state index contributed by atoms with van der Waals surface area (Å²) in [7, 11) is 0. The summed E-state index contributed by atoms with van der Waals surface area (Å²) in [6.07, 6.45) is 3.15. The van der Waals surface area contributed by atoms with E-state index in [1.807, 2.05) is 36.4 Å². The van der Waals surface area contributed by atoms with Crippen LogP contribution in [0.15, 0.2) is 42.5 Å². The Balaban J connectivity index is 2.27. The molecule has 0 amide bonds. The molecular formula is C20H27NO2. The van der Waals surface area contributed by atoms with Crippen LogP contribution >= 0.6 is 0 Å². The van der Waals surface area contributed by atoms with E-state index in [1.165, 1.54) is 0 Å². The molecule has 2 aromatic rings. The molecule has 3 nitrogen and oxygen atoms in total. The molecule has 0 fully saturated rings. The van der Waals surface area contributed by atoms with Gasteiger partial charge in [0, 0.05) is 12.1 Å². The second kappa shape index (κ2) is 8.59. The van der Waals surface area contributed by atoms with Crippen molar-refractivity contribution in [3.63, 3.8) is 0 Å². The molecule has 0 aliphatic rings. The minimum Gasteiger partial charge on any atom is -0.504 e. The van der Waals surface area contributed by atoms with Gasteiger partial charge in [-0.25, -0.2) is 0 Å². The van der Waals surface area contributed by atoms with Crippen molar-refractivity contribution in [3.05, 3.63) is 48.0 Å². The quantitative estimate of drug-likeness (QED) is 0.709. The van der Waals surface area contributed by atoms with E-state index in [4.69, 9.17) is 0 Å². The molecule has 0 aromatic heterocycles. The Morgan fingerprint density at radius 3 is 2.09 bits per heavy atom. The van der Waals surface area contributed by atoms with Crippen LogP contribution in [0, 0.1) is 0 Å². The fraction of sp³-hybridized carbons (Fsp3) is 0.400. The first-order valence-electron chi connectivity index (χ1n) is 8.49. The predicted octanol–water partition coefficient (Wildman–Crippen LogP) is 4.43. The van der Waals surface area contributed by atoms with Gasteiger partial charge in [0.15, 0.2) is 11.5 Å². The standard InChI is InChI=1S/C20H27NO2/c1-3-13-21(14-4-2)15-12-17-10-11-18(22)20(23)19(17)16-8-6-5-7-9-16/h5-11,22-23H,3-4,12-15H2,1-2H3. The fourth-order valence-corrected chi connectivity index (χ4v) is 3.00. The minimum atomic E-state index is -0.0634. The van der Waals surface area contributed by atoms with Gasteiger partial charge in [0.05, 0.1) is 0 Å². The number of hydrogen-bond donors (Lipinski definition) is 2. The van der Waals surface area contributed by atoms with E-state index in [2.05, 4.69) is 18.7 Å². The summed E-state index contributed by atoms with van der Waals surface area (Å²) in [5.74, 6) is -0.0854. The van der Waals surface area contributed by atoms with E-state index in [-0.39, 0.29) is 11.5 Å². The first kappa shape index (κ1) is 17.4. The zero-order chi connectivity index (χ0) is 16.7. The number of benzene rings is 2. The highest BCUT2D eigenvalue weighted by molar-refractivity contribution is 5.76. The molecule has 0 bridgehead atoms. The highest BCUT2D eigenvalue weighted by Crippen LogP contribution is 2.39. The third-order valence-electron chi connectivity index (χ3n) is 4.08. The first-order valence-corrected chi connectivity index (χ1v) is 8.49. The number of rotatable bonds is 8. The molecule has 0 heterocycles. The lowest BCUT2D eigenvalue weighted by Crippen LogP contribution is -2.27. The summed E-state index contributed by atoms with van der Waals surface area (Å²) >= 11 is 0. The molecule has 124 valence electrons. The van der Waals surface area contributed by atoms with Crippen molar-refractivity contribution in [2.75, 3.05) is 19.6 Å². The van der Waals surface area contributed by atoms with Crippen LogP contribution < -0.4 is 0 Å². The van der Waals surface area contributed by atoms with Crippen molar-refractivity contribution < 1.29 is 10.2 Å². The average molecular weight is 313 g/mol. The van der Waals surface area contributed by atoms with E-state index in [0.717, 1.165) is 55.6 Å². The third kappa shape index (κ3) is 4.49. The number of hydrogen-bond acceptors (Lipinski definition) is 3. The Kier molecular flexibility index (Phi) is 6.48. The van der Waals surface area contributed by atoms with Crippen LogP contribution in [-0.2, 0) is 6.42 Å². The van der Waals surface area contributed by atoms with Gasteiger partial charge < -0.3 is 15.1 Å². The van der Waals surface area contributed by atoms with Crippen molar-refractivity contribution in [2.24, 2.45) is 0 Å². The monoisotopic (exact) mass is 313 g/mol. The van der Waals surface area contributed by atoms with Gasteiger partial charge in [0.1, 0.15) is 0 Å². The molecular weight excluding hydrogens is 286 g/mol. The van der Waals surface area contributed by atoms with Crippen molar-refractivity contribution in [2.45, 2.75) is 33.1 Å². The van der Waals surface area contributed by atoms with Gasteiger partial charge >= 0.3 is 0 Å². The van der Waals surface area contributed by atoms with Crippen molar-refractivity contribution >= 4 is 0 Å². The van der Waals surface area contributed by atoms with Crippen LogP contribution in [0.1, 0.15) is 32.3 Å². The van der Waals surface area contributed by atoms with E-state index in [9.17, 15) is 10.2 Å². The summed E-state index contributed by atoms with van der Waals surface area (Å²) in [5.41, 5.74) is 2.76. The SMILES string of the molecule is CCCN(CCC)CCc1ccc(O)c(O)c1-c1ccccc1. The summed E-state index contributed by atoms with van der Waals surface area (Å²) < 4.78 is 0. The maximum Gasteiger partial charge on any atom is 0.165 e. The Bertz CT molecular complexity index is 605. The van der Waals surface area contributed by atoms with E-state index in [0.29, 0.717) is 0 Å². The van der Waals surface area contributed by atoms with Crippen LogP contribution in [0.25, 0.3) is 11.1 Å². The molecule has 0 unspecified atom stereocenters. The summed E-state index contributed by atoms with van der Waals surface area (Å²) in [5, 5.41) is 20.2. The number of aromatic hydroxyl groups is 2. The average Bonchev–Trinajstić information content (AvgIpc) is 2.57. The molecule has 0 atom stereocenters. The van der Waals surface area contributed by atoms with Gasteiger partial charge in [0.2, 0.25) is 0 Å². The largest absolute Gasteiger partial charge is 0.504 e. The number of nitrogens with zero attached hydrogens (tertiary/aromatic N) is 1. The summed E-state index contributed by atoms with van der Waals surface area (Å²) in [4.78, 5) is 2.46. The summed E-state index contributed by atoms with van der Waals surface area (Å²) in [6, 6.07) is 13.3. The molecule has 2 N–H and O–H groups in total. The van der Waals surface area contributed by atoms with E-state index >= 15 is 0 Å². The topological polar surface area (TPSA) is 43.7 Å². The molecule has 0 aliphatic carbocycles. The van der Waals surface area contributed by atoms with Crippen molar-refractivity contribution in [1.29, 1.82) is 0 Å². The Labute approximate surface area is 139 Å². The zero-order valence-corrected chi connectivity index (χ0v) is 14.1. The molecule has 0 saturated carbocycles. The van der Waals surface area contributed by atoms with Crippen molar-refractivity contribution in [3.8, 4) is 22.6 Å². The second-order valence-corrected chi connectivity index (χ2v) is 5.93. The van der Waals surface area contributed by atoms with Crippen LogP contribution in [0.5, 0.6) is 11.5 Å². The minimum absolute atomic E-state index is 0.0220. The van der Waals surface area contributed by atoms with Crippen LogP contribution in [0.3, 0.4) is 0 Å². The van der Waals surface area contributed by atoms with Crippen molar-refractivity contribution in [1.82, 2.24) is 4.90 Å². The second-order valence-electron chi connectivity index (χ2n) is 5.93. The number of phenols is 2. The number of phenolic OH excluding ortho intramolecular Hbond substituents is 2. The van der Waals surface area contributed by atoms with Gasteiger partial charge in [-0.05, 0) is 49.5 Å². The van der Waals surface area contributed by atoms with Gasteiger partial charge in [-0.2, -0.15) is 0 Å². The van der Waals surface area contributed by atoms with Gasteiger partial charge in [0.25, 0.3) is 0 Å². The zero-order valence-electron chi connectivity index (χ0n) is 14.1. The molecule has 0 radical (unpaired) electrons. The molecule has 0 saturated heterocycles. The lowest BCUT2D eigenvalue weighted by molar-refractivity contribution is 0.278. The summed E-state index contributed by atoms with van der Waals surface area (Å²) in [6.45, 7) is 7.55. The first-order chi connectivity index (χ1) is 11.2. The molecule has 23 heavy (non-hydrogen) atoms. The van der Waals surface area contributed by atoms with Gasteiger partial charge in [-0.1, -0.05) is 50.2 Å². The van der Waals surface area contributed by atoms with Crippen LogP contribution in [0.2, 0.25) is 0 Å². The molecule has 0 spiro atoms. The normalized spacial score (nSPS) is 11.1. The highest BCUT2D eigenvalue weighted by Gasteiger charge is 2.15. The molecule has 2 aromatic carbocycles. The molecule has 3 heteroatoms. The van der Waals surface area contributed by atoms with Crippen LogP contribution in [-0.4, -0.2) is 34.7 Å². The Morgan fingerprint density at radius 2 is 1.48 bits per heavy atom. The maximum absolute atomic E-state index is 10.3. The van der Waals surface area contributed by atoms with Gasteiger partial charge in [-0.3, -0.25) is 0 Å². The van der Waals surface area contributed by atoms with Gasteiger partial charge in [-0.15, -0.1) is 0 Å². The van der Waals surface area contributed by atoms with E-state index < -0.39 is 0 Å². The lowest BCUT2D eigenvalue weighted by atomic mass is 9.96. The maximum atomic E-state index is 10.3. The smallest absolute Gasteiger partial charge is 0.165 e. The molecule has 0 aliphatic heterocycles. The highest BCUT2D eigenvalue weighted by atomic mass is 16.3. The Morgan fingerprint density at radius 1 is 0.826 bits per heavy atom. The molecule has 2 rings (SSSR count). The Hall–Kier alpha value is -2.00. The lowest BCUT2D eigenvalue weighted by Gasteiger charge is -2.22. The predicted molar refractivity (Wildman–Crippen MR) is 95.9 cm³/mol. The third-order valence-corrected chi connectivity index (χ3v) is 4.08. The van der Waals surface area contributed by atoms with Crippen LogP contribution in [0.4, 0.5) is 0 Å². The van der Waals surface area contributed by atoms with E-state index in [1.54, 1.807) is 6.07 Å². The fourth-order valence-electron chi connectivity index (χ4n) is 3.00.